The average Bonchev–Trinajstić information content (AvgIpc) is 2.81. The fourth-order valence-corrected chi connectivity index (χ4v) is 2.02. The van der Waals surface area contributed by atoms with Gasteiger partial charge in [-0.2, -0.15) is 0 Å². The minimum absolute atomic E-state index is 0.132. The van der Waals surface area contributed by atoms with E-state index in [4.69, 9.17) is 5.11 Å². The molecule has 2 aromatic rings. The van der Waals surface area contributed by atoms with Crippen LogP contribution in [0.15, 0.2) is 41.1 Å². The third-order valence-corrected chi connectivity index (χ3v) is 3.07. The van der Waals surface area contributed by atoms with Gasteiger partial charge < -0.3 is 10.1 Å². The predicted octanol–water partition coefficient (Wildman–Crippen LogP) is 2.69. The molecule has 84 valence electrons. The first-order chi connectivity index (χ1) is 7.81. The molecule has 16 heavy (non-hydrogen) atoms. The van der Waals surface area contributed by atoms with Crippen LogP contribution in [0.2, 0.25) is 0 Å². The molecule has 0 fully saturated rings. The van der Waals surface area contributed by atoms with Crippen molar-refractivity contribution in [1.29, 1.82) is 0 Å². The van der Waals surface area contributed by atoms with Crippen LogP contribution in [0.4, 0.5) is 0 Å². The smallest absolute Gasteiger partial charge is 0.113 e. The Morgan fingerprint density at radius 2 is 2.06 bits per heavy atom. The van der Waals surface area contributed by atoms with Gasteiger partial charge in [-0.3, -0.25) is 0 Å². The molecule has 0 amide bonds. The van der Waals surface area contributed by atoms with Crippen LogP contribution in [-0.4, -0.2) is 21.7 Å². The molecular formula is C12H13BrN2O. The molecular weight excluding hydrogens is 268 g/mol. The minimum Gasteiger partial charge on any atom is -0.396 e. The standard InChI is InChI=1S/C12H13BrN2O/c13-10-3-1-9(2-4-10)11(5-8-16)12-14-6-7-15-12/h1-4,6-7,11,16H,5,8H2,(H,14,15). The number of imidazole rings is 1. The molecule has 1 atom stereocenters. The molecule has 2 N–H and O–H groups in total. The van der Waals surface area contributed by atoms with Crippen LogP contribution in [0.25, 0.3) is 0 Å². The zero-order chi connectivity index (χ0) is 11.4. The van der Waals surface area contributed by atoms with Gasteiger partial charge in [0.15, 0.2) is 0 Å². The first-order valence-electron chi connectivity index (χ1n) is 5.17. The summed E-state index contributed by atoms with van der Waals surface area (Å²) < 4.78 is 1.05. The summed E-state index contributed by atoms with van der Waals surface area (Å²) >= 11 is 3.41. The molecule has 0 saturated carbocycles. The highest BCUT2D eigenvalue weighted by Gasteiger charge is 2.15. The number of hydrogen-bond acceptors (Lipinski definition) is 2. The Hall–Kier alpha value is -1.13. The highest BCUT2D eigenvalue weighted by atomic mass is 79.9. The number of nitrogens with zero attached hydrogens (tertiary/aromatic N) is 1. The van der Waals surface area contributed by atoms with Crippen molar-refractivity contribution in [2.45, 2.75) is 12.3 Å². The van der Waals surface area contributed by atoms with E-state index in [9.17, 15) is 0 Å². The van der Waals surface area contributed by atoms with Crippen molar-refractivity contribution in [2.24, 2.45) is 0 Å². The third-order valence-electron chi connectivity index (χ3n) is 2.54. The van der Waals surface area contributed by atoms with Crippen LogP contribution in [0.1, 0.15) is 23.7 Å². The highest BCUT2D eigenvalue weighted by molar-refractivity contribution is 9.10. The number of hydrogen-bond donors (Lipinski definition) is 2. The van der Waals surface area contributed by atoms with E-state index in [2.05, 4.69) is 25.9 Å². The first kappa shape index (κ1) is 11.4. The molecule has 0 spiro atoms. The van der Waals surface area contributed by atoms with Gasteiger partial charge in [-0.25, -0.2) is 4.98 Å². The minimum atomic E-state index is 0.132. The molecule has 2 rings (SSSR count). The predicted molar refractivity (Wildman–Crippen MR) is 66.3 cm³/mol. The van der Waals surface area contributed by atoms with Crippen molar-refractivity contribution >= 4 is 15.9 Å². The summed E-state index contributed by atoms with van der Waals surface area (Å²) in [6.07, 6.45) is 4.21. The number of nitrogens with one attached hydrogen (secondary N) is 1. The number of aliphatic hydroxyl groups excluding tert-OH is 1. The maximum Gasteiger partial charge on any atom is 0.113 e. The monoisotopic (exact) mass is 280 g/mol. The van der Waals surface area contributed by atoms with Crippen molar-refractivity contribution in [3.8, 4) is 0 Å². The summed E-state index contributed by atoms with van der Waals surface area (Å²) in [5.41, 5.74) is 1.16. The fraction of sp³-hybridized carbons (Fsp3) is 0.250. The number of aromatic nitrogens is 2. The lowest BCUT2D eigenvalue weighted by atomic mass is 9.95. The Kier molecular flexibility index (Phi) is 3.74. The Labute approximate surface area is 103 Å². The number of H-pyrrole nitrogens is 1. The van der Waals surface area contributed by atoms with Crippen molar-refractivity contribution in [2.75, 3.05) is 6.61 Å². The Morgan fingerprint density at radius 1 is 1.31 bits per heavy atom. The summed E-state index contributed by atoms with van der Waals surface area (Å²) in [5.74, 6) is 1.03. The van der Waals surface area contributed by atoms with Crippen molar-refractivity contribution in [3.05, 3.63) is 52.5 Å². The quantitative estimate of drug-likeness (QED) is 0.905. The van der Waals surface area contributed by atoms with E-state index >= 15 is 0 Å². The van der Waals surface area contributed by atoms with Gasteiger partial charge in [0, 0.05) is 29.4 Å². The van der Waals surface area contributed by atoms with Gasteiger partial charge in [-0.05, 0) is 24.1 Å². The van der Waals surface area contributed by atoms with Crippen LogP contribution in [-0.2, 0) is 0 Å². The van der Waals surface area contributed by atoms with Crippen LogP contribution in [0.3, 0.4) is 0 Å². The summed E-state index contributed by atoms with van der Waals surface area (Å²) in [6, 6.07) is 8.10. The van der Waals surface area contributed by atoms with Gasteiger partial charge in [0.2, 0.25) is 0 Å². The Morgan fingerprint density at radius 3 is 2.62 bits per heavy atom. The van der Waals surface area contributed by atoms with Crippen molar-refractivity contribution in [1.82, 2.24) is 9.97 Å². The zero-order valence-electron chi connectivity index (χ0n) is 8.73. The zero-order valence-corrected chi connectivity index (χ0v) is 10.3. The summed E-state index contributed by atoms with van der Waals surface area (Å²) in [6.45, 7) is 0.154. The summed E-state index contributed by atoms with van der Waals surface area (Å²) in [5, 5.41) is 9.10. The number of halogens is 1. The lowest BCUT2D eigenvalue weighted by molar-refractivity contribution is 0.280. The molecule has 0 saturated heterocycles. The molecule has 1 aromatic heterocycles. The van der Waals surface area contributed by atoms with Crippen LogP contribution < -0.4 is 0 Å². The van der Waals surface area contributed by atoms with Gasteiger partial charge in [-0.1, -0.05) is 28.1 Å². The molecule has 0 aliphatic heterocycles. The van der Waals surface area contributed by atoms with Crippen LogP contribution in [0.5, 0.6) is 0 Å². The van der Waals surface area contributed by atoms with Gasteiger partial charge in [0.25, 0.3) is 0 Å². The molecule has 3 nitrogen and oxygen atoms in total. The van der Waals surface area contributed by atoms with Gasteiger partial charge in [0.05, 0.1) is 0 Å². The largest absolute Gasteiger partial charge is 0.396 e. The molecule has 1 unspecified atom stereocenters. The van der Waals surface area contributed by atoms with E-state index in [0.717, 1.165) is 15.9 Å². The van der Waals surface area contributed by atoms with E-state index in [1.807, 2.05) is 24.3 Å². The molecule has 0 radical (unpaired) electrons. The van der Waals surface area contributed by atoms with Crippen molar-refractivity contribution < 1.29 is 5.11 Å². The van der Waals surface area contributed by atoms with E-state index < -0.39 is 0 Å². The number of benzene rings is 1. The van der Waals surface area contributed by atoms with Crippen molar-refractivity contribution in [3.63, 3.8) is 0 Å². The Balaban J connectivity index is 2.29. The van der Waals surface area contributed by atoms with Gasteiger partial charge in [0.1, 0.15) is 5.82 Å². The second-order valence-electron chi connectivity index (χ2n) is 3.59. The highest BCUT2D eigenvalue weighted by Crippen LogP contribution is 2.26. The number of aromatic amines is 1. The molecule has 0 aliphatic rings. The molecule has 0 bridgehead atoms. The average molecular weight is 281 g/mol. The third kappa shape index (κ3) is 2.51. The van der Waals surface area contributed by atoms with E-state index in [1.54, 1.807) is 12.4 Å². The summed E-state index contributed by atoms with van der Waals surface area (Å²) in [4.78, 5) is 7.36. The second-order valence-corrected chi connectivity index (χ2v) is 4.51. The number of aliphatic hydroxyl groups is 1. The van der Waals surface area contributed by atoms with Crippen LogP contribution in [0, 0.1) is 0 Å². The SMILES string of the molecule is OCCC(c1ccc(Br)cc1)c1ncc[nH]1. The maximum atomic E-state index is 9.10. The summed E-state index contributed by atoms with van der Waals surface area (Å²) in [7, 11) is 0. The normalized spacial score (nSPS) is 12.6. The first-order valence-corrected chi connectivity index (χ1v) is 5.96. The molecule has 0 aliphatic carbocycles. The maximum absolute atomic E-state index is 9.10. The van der Waals surface area contributed by atoms with Crippen LogP contribution >= 0.6 is 15.9 Å². The number of rotatable bonds is 4. The van der Waals surface area contributed by atoms with Gasteiger partial charge in [-0.15, -0.1) is 0 Å². The fourth-order valence-electron chi connectivity index (χ4n) is 1.75. The van der Waals surface area contributed by atoms with E-state index in [-0.39, 0.29) is 12.5 Å². The lowest BCUT2D eigenvalue weighted by Gasteiger charge is -2.13. The Bertz CT molecular complexity index is 425. The van der Waals surface area contributed by atoms with E-state index in [1.165, 1.54) is 0 Å². The topological polar surface area (TPSA) is 48.9 Å². The molecule has 1 aromatic carbocycles. The molecule has 1 heterocycles. The lowest BCUT2D eigenvalue weighted by Crippen LogP contribution is -2.05. The van der Waals surface area contributed by atoms with Gasteiger partial charge >= 0.3 is 0 Å². The second kappa shape index (κ2) is 5.27. The molecule has 4 heteroatoms. The van der Waals surface area contributed by atoms with E-state index in [0.29, 0.717) is 6.42 Å².